The van der Waals surface area contributed by atoms with Crippen LogP contribution in [0.25, 0.3) is 0 Å². The molecular formula is C22H26N4O2S2. The summed E-state index contributed by atoms with van der Waals surface area (Å²) in [5.41, 5.74) is 1.11. The Labute approximate surface area is 184 Å². The second-order valence-electron chi connectivity index (χ2n) is 6.67. The number of hydrogen-bond donors (Lipinski definition) is 4. The Morgan fingerprint density at radius 2 is 1.13 bits per heavy atom. The van der Waals surface area contributed by atoms with Crippen molar-refractivity contribution in [3.63, 3.8) is 0 Å². The minimum atomic E-state index is -0.285. The van der Waals surface area contributed by atoms with Gasteiger partial charge in [-0.05, 0) is 60.7 Å². The molecule has 4 amide bonds. The monoisotopic (exact) mass is 442 g/mol. The second kappa shape index (κ2) is 12.0. The average Bonchev–Trinajstić information content (AvgIpc) is 3.44. The molecule has 3 rings (SSSR count). The zero-order valence-corrected chi connectivity index (χ0v) is 18.3. The van der Waals surface area contributed by atoms with Crippen LogP contribution in [-0.4, -0.2) is 25.2 Å². The fourth-order valence-corrected chi connectivity index (χ4v) is 4.38. The Hall–Kier alpha value is -2.84. The molecule has 3 aromatic rings. The van der Waals surface area contributed by atoms with E-state index < -0.39 is 0 Å². The molecule has 0 aliphatic carbocycles. The molecule has 1 aromatic carbocycles. The zero-order chi connectivity index (χ0) is 21.0. The fourth-order valence-electron chi connectivity index (χ4n) is 2.87. The number of para-hydroxylation sites is 2. The average molecular weight is 443 g/mol. The lowest BCUT2D eigenvalue weighted by molar-refractivity contribution is 0.250. The molecule has 4 N–H and O–H groups in total. The number of urea groups is 2. The van der Waals surface area contributed by atoms with Gasteiger partial charge in [0.15, 0.2) is 0 Å². The highest BCUT2D eigenvalue weighted by atomic mass is 32.1. The third-order valence-electron chi connectivity index (χ3n) is 4.35. The number of aryl methyl sites for hydroxylation is 2. The molecule has 6 nitrogen and oxygen atoms in total. The molecule has 0 spiro atoms. The van der Waals surface area contributed by atoms with Crippen molar-refractivity contribution >= 4 is 46.1 Å². The van der Waals surface area contributed by atoms with Crippen LogP contribution in [0.5, 0.6) is 0 Å². The van der Waals surface area contributed by atoms with Gasteiger partial charge in [-0.25, -0.2) is 9.59 Å². The van der Waals surface area contributed by atoms with E-state index in [9.17, 15) is 9.59 Å². The van der Waals surface area contributed by atoms with Crippen molar-refractivity contribution in [2.24, 2.45) is 0 Å². The molecule has 158 valence electrons. The Morgan fingerprint density at radius 3 is 1.53 bits per heavy atom. The molecule has 8 heteroatoms. The molecule has 2 heterocycles. The van der Waals surface area contributed by atoms with Gasteiger partial charge in [0.1, 0.15) is 0 Å². The predicted molar refractivity (Wildman–Crippen MR) is 126 cm³/mol. The summed E-state index contributed by atoms with van der Waals surface area (Å²) in [4.78, 5) is 27.0. The lowest BCUT2D eigenvalue weighted by Crippen LogP contribution is -2.32. The van der Waals surface area contributed by atoms with Crippen LogP contribution < -0.4 is 21.3 Å². The fraction of sp³-hybridized carbons (Fsp3) is 0.273. The maximum atomic E-state index is 12.2. The lowest BCUT2D eigenvalue weighted by atomic mass is 10.2. The Balaban J connectivity index is 1.38. The van der Waals surface area contributed by atoms with E-state index >= 15 is 0 Å². The first-order valence-electron chi connectivity index (χ1n) is 9.94. The van der Waals surface area contributed by atoms with Crippen molar-refractivity contribution in [1.82, 2.24) is 10.6 Å². The number of nitrogens with one attached hydrogen (secondary N) is 4. The van der Waals surface area contributed by atoms with Crippen molar-refractivity contribution in [3.8, 4) is 0 Å². The van der Waals surface area contributed by atoms with E-state index in [2.05, 4.69) is 44.2 Å². The van der Waals surface area contributed by atoms with E-state index in [-0.39, 0.29) is 12.1 Å². The molecule has 0 aliphatic heterocycles. The normalized spacial score (nSPS) is 10.4. The molecule has 0 radical (unpaired) electrons. The van der Waals surface area contributed by atoms with E-state index in [4.69, 9.17) is 0 Å². The third kappa shape index (κ3) is 7.53. The number of hydrogen-bond acceptors (Lipinski definition) is 4. The molecule has 0 saturated heterocycles. The Bertz CT molecular complexity index is 836. The number of amides is 4. The smallest absolute Gasteiger partial charge is 0.319 e. The number of benzene rings is 1. The van der Waals surface area contributed by atoms with Crippen LogP contribution in [0.3, 0.4) is 0 Å². The molecule has 2 aromatic heterocycles. The van der Waals surface area contributed by atoms with E-state index in [0.29, 0.717) is 24.5 Å². The minimum absolute atomic E-state index is 0.285. The van der Waals surface area contributed by atoms with E-state index in [1.54, 1.807) is 34.8 Å². The largest absolute Gasteiger partial charge is 0.338 e. The summed E-state index contributed by atoms with van der Waals surface area (Å²) in [5, 5.41) is 15.4. The number of carbonyl (C=O) groups excluding carboxylic acids is 2. The van der Waals surface area contributed by atoms with Crippen molar-refractivity contribution in [1.29, 1.82) is 0 Å². The molecule has 0 atom stereocenters. The van der Waals surface area contributed by atoms with Crippen molar-refractivity contribution in [2.45, 2.75) is 25.7 Å². The highest BCUT2D eigenvalue weighted by molar-refractivity contribution is 7.10. The van der Waals surface area contributed by atoms with Gasteiger partial charge in [0, 0.05) is 22.8 Å². The summed E-state index contributed by atoms with van der Waals surface area (Å²) in [7, 11) is 0. The maximum Gasteiger partial charge on any atom is 0.319 e. The van der Waals surface area contributed by atoms with Gasteiger partial charge in [-0.1, -0.05) is 24.3 Å². The molecule has 0 unspecified atom stereocenters. The van der Waals surface area contributed by atoms with Crippen LogP contribution in [0.2, 0.25) is 0 Å². The van der Waals surface area contributed by atoms with Crippen molar-refractivity contribution in [2.75, 3.05) is 23.7 Å². The van der Waals surface area contributed by atoms with Crippen LogP contribution in [0.4, 0.5) is 21.0 Å². The van der Waals surface area contributed by atoms with Crippen LogP contribution in [0.15, 0.2) is 59.3 Å². The van der Waals surface area contributed by atoms with Crippen LogP contribution in [0, 0.1) is 0 Å². The van der Waals surface area contributed by atoms with E-state index in [0.717, 1.165) is 25.7 Å². The predicted octanol–water partition coefficient (Wildman–Crippen LogP) is 5.32. The Morgan fingerprint density at radius 1 is 0.667 bits per heavy atom. The zero-order valence-electron chi connectivity index (χ0n) is 16.6. The summed E-state index contributed by atoms with van der Waals surface area (Å²) < 4.78 is 0. The summed E-state index contributed by atoms with van der Waals surface area (Å²) >= 11 is 3.45. The van der Waals surface area contributed by atoms with E-state index in [1.165, 1.54) is 9.75 Å². The summed E-state index contributed by atoms with van der Waals surface area (Å²) in [6.07, 6.45) is 3.65. The summed E-state index contributed by atoms with van der Waals surface area (Å²) in [6, 6.07) is 14.8. The summed E-state index contributed by atoms with van der Waals surface area (Å²) in [6.45, 7) is 1.17. The van der Waals surface area contributed by atoms with Gasteiger partial charge in [0.25, 0.3) is 0 Å². The van der Waals surface area contributed by atoms with Crippen LogP contribution in [-0.2, 0) is 12.8 Å². The Kier molecular flexibility index (Phi) is 8.74. The van der Waals surface area contributed by atoms with Gasteiger partial charge in [-0.15, -0.1) is 22.7 Å². The first-order chi connectivity index (χ1) is 14.7. The molecule has 0 saturated carbocycles. The number of carbonyl (C=O) groups is 2. The van der Waals surface area contributed by atoms with Crippen LogP contribution in [0.1, 0.15) is 22.6 Å². The first kappa shape index (κ1) is 21.9. The SMILES string of the molecule is O=C(NCCCc1cccs1)Nc1ccccc1NC(=O)NCCCc1cccs1. The van der Waals surface area contributed by atoms with E-state index in [1.807, 2.05) is 24.3 Å². The van der Waals surface area contributed by atoms with Gasteiger partial charge in [0.2, 0.25) is 0 Å². The maximum absolute atomic E-state index is 12.2. The van der Waals surface area contributed by atoms with Gasteiger partial charge in [-0.2, -0.15) is 0 Å². The standard InChI is InChI=1S/C22H26N4O2S2/c27-21(23-13-3-7-17-9-5-15-29-17)25-19-11-1-2-12-20(19)26-22(28)24-14-4-8-18-10-6-16-30-18/h1-2,5-6,9-12,15-16H,3-4,7-8,13-14H2,(H2,23,25,27)(H2,24,26,28). The summed E-state index contributed by atoms with van der Waals surface area (Å²) in [5.74, 6) is 0. The van der Waals surface area contributed by atoms with Crippen LogP contribution >= 0.6 is 22.7 Å². The molecule has 0 aliphatic rings. The van der Waals surface area contributed by atoms with Crippen molar-refractivity contribution < 1.29 is 9.59 Å². The topological polar surface area (TPSA) is 82.3 Å². The number of thiophene rings is 2. The molecule has 0 fully saturated rings. The van der Waals surface area contributed by atoms with Gasteiger partial charge >= 0.3 is 12.1 Å². The quantitative estimate of drug-likeness (QED) is 0.321. The highest BCUT2D eigenvalue weighted by Crippen LogP contribution is 2.20. The third-order valence-corrected chi connectivity index (χ3v) is 6.23. The van der Waals surface area contributed by atoms with Gasteiger partial charge in [-0.3, -0.25) is 0 Å². The van der Waals surface area contributed by atoms with Crippen molar-refractivity contribution in [3.05, 3.63) is 69.0 Å². The first-order valence-corrected chi connectivity index (χ1v) is 11.7. The molecule has 0 bridgehead atoms. The second-order valence-corrected chi connectivity index (χ2v) is 8.74. The number of rotatable bonds is 10. The highest BCUT2D eigenvalue weighted by Gasteiger charge is 2.09. The number of anilines is 2. The lowest BCUT2D eigenvalue weighted by Gasteiger charge is -2.13. The van der Waals surface area contributed by atoms with Gasteiger partial charge in [0.05, 0.1) is 11.4 Å². The molecule has 30 heavy (non-hydrogen) atoms. The van der Waals surface area contributed by atoms with Gasteiger partial charge < -0.3 is 21.3 Å². The minimum Gasteiger partial charge on any atom is -0.338 e. The molecular weight excluding hydrogens is 416 g/mol.